The van der Waals surface area contributed by atoms with Crippen LogP contribution in [0, 0.1) is 17.8 Å². The van der Waals surface area contributed by atoms with Gasteiger partial charge in [-0.3, -0.25) is 9.48 Å². The van der Waals surface area contributed by atoms with Crippen molar-refractivity contribution in [2.45, 2.75) is 0 Å². The Bertz CT molecular complexity index is 1030. The monoisotopic (exact) mass is 364 g/mol. The molecule has 2 unspecified atom stereocenters. The topological polar surface area (TPSA) is 77.6 Å². The highest BCUT2D eigenvalue weighted by Gasteiger charge is 2.56. The molecular weight excluding hydrogens is 344 g/mol. The molecule has 0 spiro atoms. The van der Waals surface area contributed by atoms with Gasteiger partial charge >= 0.3 is 0 Å². The number of carbonyl (C=O) groups excluding carboxylic acids is 1. The van der Waals surface area contributed by atoms with Crippen molar-refractivity contribution in [2.75, 3.05) is 19.7 Å². The number of piperidine rings is 1. The van der Waals surface area contributed by atoms with Crippen LogP contribution in [0.25, 0.3) is 16.8 Å². The van der Waals surface area contributed by atoms with Crippen LogP contribution in [0.2, 0.25) is 0 Å². The fraction of sp³-hybridized carbons (Fsp3) is 0.368. The average Bonchev–Trinajstić information content (AvgIpc) is 3.16. The Balaban J connectivity index is 1.32. The van der Waals surface area contributed by atoms with Gasteiger partial charge in [-0.05, 0) is 24.0 Å². The molecule has 5 rings (SSSR count). The number of aromatic nitrogens is 5. The summed E-state index contributed by atoms with van der Waals surface area (Å²) >= 11 is 0. The van der Waals surface area contributed by atoms with Gasteiger partial charge < -0.3 is 9.64 Å². The van der Waals surface area contributed by atoms with Crippen molar-refractivity contribution < 1.29 is 9.53 Å². The Morgan fingerprint density at radius 3 is 2.85 bits per heavy atom. The summed E-state index contributed by atoms with van der Waals surface area (Å²) in [5.41, 5.74) is 2.53. The highest BCUT2D eigenvalue weighted by molar-refractivity contribution is 5.87. The summed E-state index contributed by atoms with van der Waals surface area (Å²) in [6.07, 6.45) is 8.70. The van der Waals surface area contributed by atoms with Crippen molar-refractivity contribution in [3.8, 4) is 17.1 Å². The minimum Gasteiger partial charge on any atom is -0.476 e. The van der Waals surface area contributed by atoms with E-state index in [1.54, 1.807) is 21.6 Å². The van der Waals surface area contributed by atoms with E-state index in [1.807, 2.05) is 30.4 Å². The zero-order valence-corrected chi connectivity index (χ0v) is 15.0. The third-order valence-electron chi connectivity index (χ3n) is 5.63. The maximum Gasteiger partial charge on any atom is 0.245 e. The van der Waals surface area contributed by atoms with Gasteiger partial charge in [0.1, 0.15) is 5.52 Å². The molecule has 1 aliphatic carbocycles. The fourth-order valence-electron chi connectivity index (χ4n) is 4.08. The van der Waals surface area contributed by atoms with Crippen LogP contribution in [0.5, 0.6) is 5.88 Å². The lowest BCUT2D eigenvalue weighted by atomic mass is 10.2. The Hall–Kier alpha value is -3.16. The standard InChI is InChI=1S/C19H20N6O2/c1-3-18(26)24-8-13-14(9-24)15(13)11-27-19-17-4-5-20-25(17)10-16(22-19)12-6-21-23(2)7-12/h3-7,10,13-15H,1,8-9,11H2,2H3. The summed E-state index contributed by atoms with van der Waals surface area (Å²) in [5.74, 6) is 2.13. The number of rotatable bonds is 5. The predicted octanol–water partition coefficient (Wildman–Crippen LogP) is 1.40. The first kappa shape index (κ1) is 16.0. The van der Waals surface area contributed by atoms with Crippen molar-refractivity contribution in [1.29, 1.82) is 0 Å². The number of carbonyl (C=O) groups is 1. The molecule has 0 N–H and O–H groups in total. The largest absolute Gasteiger partial charge is 0.476 e. The van der Waals surface area contributed by atoms with Gasteiger partial charge in [-0.25, -0.2) is 9.50 Å². The first-order valence-electron chi connectivity index (χ1n) is 9.01. The number of likely N-dealkylation sites (tertiary alicyclic amines) is 1. The molecule has 27 heavy (non-hydrogen) atoms. The van der Waals surface area contributed by atoms with E-state index in [0.29, 0.717) is 30.2 Å². The summed E-state index contributed by atoms with van der Waals surface area (Å²) in [6.45, 7) is 5.77. The number of nitrogens with zero attached hydrogens (tertiary/aromatic N) is 6. The molecule has 3 aromatic rings. The molecular formula is C19H20N6O2. The molecule has 8 nitrogen and oxygen atoms in total. The quantitative estimate of drug-likeness (QED) is 0.640. The van der Waals surface area contributed by atoms with E-state index < -0.39 is 0 Å². The number of ether oxygens (including phenoxy) is 1. The molecule has 1 amide bonds. The van der Waals surface area contributed by atoms with Crippen LogP contribution >= 0.6 is 0 Å². The number of amides is 1. The lowest BCUT2D eigenvalue weighted by Gasteiger charge is -2.18. The van der Waals surface area contributed by atoms with Crippen molar-refractivity contribution in [1.82, 2.24) is 29.3 Å². The van der Waals surface area contributed by atoms with Crippen molar-refractivity contribution in [3.05, 3.63) is 43.5 Å². The molecule has 0 aromatic carbocycles. The number of fused-ring (bicyclic) bond motifs is 2. The minimum absolute atomic E-state index is 0.0219. The Morgan fingerprint density at radius 1 is 1.33 bits per heavy atom. The van der Waals surface area contributed by atoms with Gasteiger partial charge in [-0.1, -0.05) is 6.58 Å². The van der Waals surface area contributed by atoms with Gasteiger partial charge in [-0.15, -0.1) is 0 Å². The van der Waals surface area contributed by atoms with E-state index >= 15 is 0 Å². The van der Waals surface area contributed by atoms with Crippen LogP contribution in [0.3, 0.4) is 0 Å². The molecule has 8 heteroatoms. The molecule has 0 radical (unpaired) electrons. The van der Waals surface area contributed by atoms with E-state index in [9.17, 15) is 4.79 Å². The summed E-state index contributed by atoms with van der Waals surface area (Å²) in [6, 6.07) is 1.90. The molecule has 3 aromatic heterocycles. The van der Waals surface area contributed by atoms with Gasteiger partial charge in [0.05, 0.1) is 30.9 Å². The predicted molar refractivity (Wildman–Crippen MR) is 97.9 cm³/mol. The van der Waals surface area contributed by atoms with Crippen molar-refractivity contribution in [3.63, 3.8) is 0 Å². The highest BCUT2D eigenvalue weighted by atomic mass is 16.5. The van der Waals surface area contributed by atoms with E-state index in [1.165, 1.54) is 6.08 Å². The van der Waals surface area contributed by atoms with Crippen LogP contribution in [0.4, 0.5) is 0 Å². The second-order valence-electron chi connectivity index (χ2n) is 7.24. The Morgan fingerprint density at radius 2 is 2.15 bits per heavy atom. The maximum atomic E-state index is 11.7. The summed E-state index contributed by atoms with van der Waals surface area (Å²) in [5, 5.41) is 8.54. The molecule has 0 bridgehead atoms. The van der Waals surface area contributed by atoms with Crippen LogP contribution < -0.4 is 4.74 Å². The fourth-order valence-corrected chi connectivity index (χ4v) is 4.08. The van der Waals surface area contributed by atoms with Gasteiger partial charge in [0.2, 0.25) is 11.8 Å². The number of aryl methyl sites for hydroxylation is 1. The number of hydrogen-bond acceptors (Lipinski definition) is 5. The van der Waals surface area contributed by atoms with Gasteiger partial charge in [0.15, 0.2) is 0 Å². The number of hydrogen-bond donors (Lipinski definition) is 0. The van der Waals surface area contributed by atoms with E-state index in [0.717, 1.165) is 29.9 Å². The van der Waals surface area contributed by atoms with E-state index in [4.69, 9.17) is 9.72 Å². The SMILES string of the molecule is C=CC(=O)N1CC2C(COc3nc(-c4cnn(C)c4)cn4nccc34)C2C1. The maximum absolute atomic E-state index is 11.7. The molecule has 138 valence electrons. The van der Waals surface area contributed by atoms with Gasteiger partial charge in [-0.2, -0.15) is 10.2 Å². The molecule has 1 aliphatic heterocycles. The first-order valence-corrected chi connectivity index (χ1v) is 9.01. The summed E-state index contributed by atoms with van der Waals surface area (Å²) < 4.78 is 9.63. The van der Waals surface area contributed by atoms with Gasteiger partial charge in [0.25, 0.3) is 0 Å². The van der Waals surface area contributed by atoms with Crippen LogP contribution in [0.1, 0.15) is 0 Å². The Labute approximate surface area is 156 Å². The third-order valence-corrected chi connectivity index (χ3v) is 5.63. The first-order chi connectivity index (χ1) is 13.1. The normalized spacial score (nSPS) is 23.4. The third kappa shape index (κ3) is 2.68. The van der Waals surface area contributed by atoms with Gasteiger partial charge in [0, 0.05) is 37.8 Å². The summed E-state index contributed by atoms with van der Waals surface area (Å²) in [4.78, 5) is 18.3. The molecule has 2 atom stereocenters. The Kier molecular flexibility index (Phi) is 3.53. The highest BCUT2D eigenvalue weighted by Crippen LogP contribution is 2.51. The molecule has 2 aliphatic rings. The smallest absolute Gasteiger partial charge is 0.245 e. The minimum atomic E-state index is 0.0219. The zero-order chi connectivity index (χ0) is 18.5. The summed E-state index contributed by atoms with van der Waals surface area (Å²) in [7, 11) is 1.87. The van der Waals surface area contributed by atoms with Crippen LogP contribution in [-0.2, 0) is 11.8 Å². The van der Waals surface area contributed by atoms with E-state index in [-0.39, 0.29) is 5.91 Å². The second-order valence-corrected chi connectivity index (χ2v) is 7.24. The van der Waals surface area contributed by atoms with Crippen molar-refractivity contribution >= 4 is 11.4 Å². The lowest BCUT2D eigenvalue weighted by molar-refractivity contribution is -0.125. The second kappa shape index (κ2) is 5.94. The lowest BCUT2D eigenvalue weighted by Crippen LogP contribution is -2.30. The molecule has 1 saturated heterocycles. The average molecular weight is 364 g/mol. The molecule has 2 fully saturated rings. The van der Waals surface area contributed by atoms with E-state index in [2.05, 4.69) is 16.8 Å². The van der Waals surface area contributed by atoms with Crippen LogP contribution in [0.15, 0.2) is 43.5 Å². The molecule has 4 heterocycles. The molecule has 1 saturated carbocycles. The van der Waals surface area contributed by atoms with Crippen molar-refractivity contribution in [2.24, 2.45) is 24.8 Å². The van der Waals surface area contributed by atoms with Crippen LogP contribution in [-0.4, -0.2) is 54.9 Å². The zero-order valence-electron chi connectivity index (χ0n) is 15.0.